The monoisotopic (exact) mass is 413 g/mol. The van der Waals surface area contributed by atoms with Gasteiger partial charge in [-0.15, -0.1) is 11.3 Å². The van der Waals surface area contributed by atoms with Gasteiger partial charge < -0.3 is 25.3 Å². The molecule has 0 radical (unpaired) electrons. The van der Waals surface area contributed by atoms with Crippen LogP contribution in [0, 0.1) is 0 Å². The van der Waals surface area contributed by atoms with Crippen LogP contribution in [0.2, 0.25) is 0 Å². The fourth-order valence-electron chi connectivity index (χ4n) is 2.49. The van der Waals surface area contributed by atoms with E-state index < -0.39 is 48.5 Å². The number of carbonyl (C=O) groups is 5. The zero-order chi connectivity index (χ0) is 21.2. The standard InChI is InChI=1S/C16H19N3O8S/c1-16(2)14(23)19(15(24)18-16)5-8(20)27-6-7-9(12(21)25-3)11(17)28-10(7)13(22)26-4/h5-6,17H2,1-4H3,(H,18,24). The van der Waals surface area contributed by atoms with Gasteiger partial charge >= 0.3 is 23.9 Å². The third-order valence-corrected chi connectivity index (χ3v) is 4.94. The van der Waals surface area contributed by atoms with Crippen molar-refractivity contribution in [3.63, 3.8) is 0 Å². The maximum atomic E-state index is 12.1. The van der Waals surface area contributed by atoms with Crippen LogP contribution >= 0.6 is 11.3 Å². The Morgan fingerprint density at radius 3 is 2.25 bits per heavy atom. The van der Waals surface area contributed by atoms with Crippen LogP contribution in [0.25, 0.3) is 0 Å². The molecule has 0 aliphatic carbocycles. The van der Waals surface area contributed by atoms with Crippen molar-refractivity contribution in [3.05, 3.63) is 16.0 Å². The average molecular weight is 413 g/mol. The van der Waals surface area contributed by atoms with Crippen molar-refractivity contribution in [2.45, 2.75) is 26.0 Å². The fourth-order valence-corrected chi connectivity index (χ4v) is 3.47. The van der Waals surface area contributed by atoms with Gasteiger partial charge in [-0.1, -0.05) is 0 Å². The van der Waals surface area contributed by atoms with E-state index in [4.69, 9.17) is 10.5 Å². The van der Waals surface area contributed by atoms with E-state index in [2.05, 4.69) is 14.8 Å². The molecule has 11 nitrogen and oxygen atoms in total. The Morgan fingerprint density at radius 2 is 1.75 bits per heavy atom. The van der Waals surface area contributed by atoms with Gasteiger partial charge in [-0.25, -0.2) is 14.4 Å². The van der Waals surface area contributed by atoms with Gasteiger partial charge in [0.25, 0.3) is 5.91 Å². The molecular formula is C16H19N3O8S. The van der Waals surface area contributed by atoms with Crippen LogP contribution in [0.15, 0.2) is 0 Å². The van der Waals surface area contributed by atoms with Crippen LogP contribution in [-0.2, 0) is 30.4 Å². The lowest BCUT2D eigenvalue weighted by Gasteiger charge is -2.15. The number of imide groups is 1. The van der Waals surface area contributed by atoms with Crippen molar-refractivity contribution in [2.24, 2.45) is 0 Å². The van der Waals surface area contributed by atoms with Gasteiger partial charge in [0.05, 0.1) is 14.2 Å². The average Bonchev–Trinajstić information content (AvgIpc) is 3.06. The third-order valence-electron chi connectivity index (χ3n) is 3.90. The Hall–Kier alpha value is -3.15. The number of nitrogens with one attached hydrogen (secondary N) is 1. The van der Waals surface area contributed by atoms with Crippen LogP contribution in [0.1, 0.15) is 39.4 Å². The summed E-state index contributed by atoms with van der Waals surface area (Å²) in [7, 11) is 2.28. The molecule has 2 rings (SSSR count). The Bertz CT molecular complexity index is 860. The first-order valence-corrected chi connectivity index (χ1v) is 8.72. The molecule has 3 amide bonds. The van der Waals surface area contributed by atoms with E-state index in [9.17, 15) is 24.0 Å². The number of nitrogens with zero attached hydrogens (tertiary/aromatic N) is 1. The van der Waals surface area contributed by atoms with Crippen molar-refractivity contribution in [2.75, 3.05) is 26.5 Å². The minimum Gasteiger partial charge on any atom is -0.465 e. The predicted molar refractivity (Wildman–Crippen MR) is 95.5 cm³/mol. The minimum absolute atomic E-state index is 0.00542. The minimum atomic E-state index is -1.13. The lowest BCUT2D eigenvalue weighted by atomic mass is 10.1. The fraction of sp³-hybridized carbons (Fsp3) is 0.438. The van der Waals surface area contributed by atoms with E-state index in [0.717, 1.165) is 25.6 Å². The van der Waals surface area contributed by atoms with Gasteiger partial charge in [0, 0.05) is 5.56 Å². The van der Waals surface area contributed by atoms with Gasteiger partial charge in [-0.3, -0.25) is 14.5 Å². The summed E-state index contributed by atoms with van der Waals surface area (Å²) in [4.78, 5) is 60.6. The summed E-state index contributed by atoms with van der Waals surface area (Å²) in [5, 5.41) is 2.43. The molecule has 1 aliphatic rings. The molecule has 152 valence electrons. The Kier molecular flexibility index (Phi) is 5.92. The molecule has 0 aromatic carbocycles. The second-order valence-electron chi connectivity index (χ2n) is 6.24. The van der Waals surface area contributed by atoms with Crippen LogP contribution in [0.5, 0.6) is 0 Å². The number of nitrogen functional groups attached to an aromatic ring is 1. The summed E-state index contributed by atoms with van der Waals surface area (Å²) in [6.45, 7) is 1.86. The number of hydrogen-bond acceptors (Lipinski definition) is 10. The topological polar surface area (TPSA) is 154 Å². The number of esters is 3. The molecule has 1 aromatic heterocycles. The summed E-state index contributed by atoms with van der Waals surface area (Å²) in [5.74, 6) is -3.09. The molecule has 1 aliphatic heterocycles. The maximum Gasteiger partial charge on any atom is 0.348 e. The lowest BCUT2D eigenvalue weighted by molar-refractivity contribution is -0.148. The highest BCUT2D eigenvalue weighted by molar-refractivity contribution is 7.18. The zero-order valence-electron chi connectivity index (χ0n) is 15.6. The number of anilines is 1. The van der Waals surface area contributed by atoms with Gasteiger partial charge in [0.15, 0.2) is 0 Å². The van der Waals surface area contributed by atoms with E-state index in [1.165, 1.54) is 13.8 Å². The van der Waals surface area contributed by atoms with Gasteiger partial charge in [-0.05, 0) is 13.8 Å². The summed E-state index contributed by atoms with van der Waals surface area (Å²) >= 11 is 0.785. The van der Waals surface area contributed by atoms with Crippen molar-refractivity contribution < 1.29 is 38.2 Å². The van der Waals surface area contributed by atoms with Gasteiger partial charge in [-0.2, -0.15) is 0 Å². The molecule has 1 aromatic rings. The number of amides is 3. The highest BCUT2D eigenvalue weighted by Gasteiger charge is 2.45. The largest absolute Gasteiger partial charge is 0.465 e. The van der Waals surface area contributed by atoms with Crippen LogP contribution < -0.4 is 11.1 Å². The summed E-state index contributed by atoms with van der Waals surface area (Å²) < 4.78 is 14.3. The zero-order valence-corrected chi connectivity index (χ0v) is 16.4. The predicted octanol–water partition coefficient (Wildman–Crippen LogP) is 0.277. The summed E-state index contributed by atoms with van der Waals surface area (Å²) in [6.07, 6.45) is 0. The van der Waals surface area contributed by atoms with Crippen LogP contribution in [0.4, 0.5) is 9.80 Å². The van der Waals surface area contributed by atoms with Crippen LogP contribution in [0.3, 0.4) is 0 Å². The van der Waals surface area contributed by atoms with Gasteiger partial charge in [0.1, 0.15) is 34.1 Å². The van der Waals surface area contributed by atoms with E-state index in [0.29, 0.717) is 4.90 Å². The molecule has 1 saturated heterocycles. The molecule has 12 heteroatoms. The molecule has 1 fully saturated rings. The van der Waals surface area contributed by atoms with Crippen molar-refractivity contribution in [3.8, 4) is 0 Å². The first kappa shape index (κ1) is 21.2. The Morgan fingerprint density at radius 1 is 1.14 bits per heavy atom. The maximum absolute atomic E-state index is 12.1. The first-order chi connectivity index (χ1) is 13.0. The molecule has 2 heterocycles. The van der Waals surface area contributed by atoms with E-state index >= 15 is 0 Å². The number of rotatable bonds is 6. The van der Waals surface area contributed by atoms with Crippen LogP contribution in [-0.4, -0.2) is 61.0 Å². The quantitative estimate of drug-likeness (QED) is 0.380. The smallest absolute Gasteiger partial charge is 0.348 e. The molecule has 0 bridgehead atoms. The number of ether oxygens (including phenoxy) is 3. The molecule has 0 unspecified atom stereocenters. The highest BCUT2D eigenvalue weighted by Crippen LogP contribution is 2.33. The highest BCUT2D eigenvalue weighted by atomic mass is 32.1. The van der Waals surface area contributed by atoms with Crippen molar-refractivity contribution in [1.82, 2.24) is 10.2 Å². The number of nitrogens with two attached hydrogens (primary N) is 1. The van der Waals surface area contributed by atoms with E-state index in [1.54, 1.807) is 0 Å². The Balaban J connectivity index is 2.18. The number of thiophene rings is 1. The third kappa shape index (κ3) is 3.91. The molecule has 28 heavy (non-hydrogen) atoms. The molecule has 0 atom stereocenters. The number of urea groups is 1. The number of methoxy groups -OCH3 is 2. The van der Waals surface area contributed by atoms with Crippen molar-refractivity contribution in [1.29, 1.82) is 0 Å². The Labute approximate surface area is 163 Å². The molecule has 0 saturated carbocycles. The van der Waals surface area contributed by atoms with E-state index in [-0.39, 0.29) is 21.0 Å². The molecular weight excluding hydrogens is 394 g/mol. The SMILES string of the molecule is COC(=O)c1sc(N)c(C(=O)OC)c1COC(=O)CN1C(=O)NC(C)(C)C1=O. The van der Waals surface area contributed by atoms with E-state index in [1.807, 2.05) is 0 Å². The second-order valence-corrected chi connectivity index (χ2v) is 7.29. The second kappa shape index (κ2) is 7.84. The van der Waals surface area contributed by atoms with Crippen molar-refractivity contribution >= 4 is 46.2 Å². The summed E-state index contributed by atoms with van der Waals surface area (Å²) in [5.41, 5.74) is 4.56. The summed E-state index contributed by atoms with van der Waals surface area (Å²) in [6, 6.07) is -0.725. The first-order valence-electron chi connectivity index (χ1n) is 7.91. The number of hydrogen-bond donors (Lipinski definition) is 2. The normalized spacial score (nSPS) is 15.2. The molecule has 3 N–H and O–H groups in total. The van der Waals surface area contributed by atoms with Gasteiger partial charge in [0.2, 0.25) is 0 Å². The number of carbonyl (C=O) groups excluding carboxylic acids is 5. The lowest BCUT2D eigenvalue weighted by Crippen LogP contribution is -2.41. The molecule has 0 spiro atoms.